The molecular formula is C9H12ClN3O5S2. The largest absolute Gasteiger partial charge is 0.378 e. The Kier molecular flexibility index (Phi) is 4.94. The molecule has 0 bridgehead atoms. The van der Waals surface area contributed by atoms with Crippen molar-refractivity contribution in [3.8, 4) is 0 Å². The number of rotatable bonds is 5. The van der Waals surface area contributed by atoms with Gasteiger partial charge in [-0.15, -0.1) is 11.3 Å². The summed E-state index contributed by atoms with van der Waals surface area (Å²) in [6.45, 7) is 1.80. The minimum atomic E-state index is -3.81. The van der Waals surface area contributed by atoms with E-state index in [1.165, 1.54) is 0 Å². The van der Waals surface area contributed by atoms with E-state index in [0.29, 0.717) is 31.1 Å². The van der Waals surface area contributed by atoms with Gasteiger partial charge in [-0.1, -0.05) is 11.6 Å². The summed E-state index contributed by atoms with van der Waals surface area (Å²) in [7, 11) is -3.81. The lowest BCUT2D eigenvalue weighted by Gasteiger charge is -2.23. The maximum Gasteiger partial charge on any atom is 0.300 e. The SMILES string of the molecule is O=[N+]([O-])c1cc(S(=O)(=O)NCC2COCCN2)sc1Cl. The van der Waals surface area contributed by atoms with Crippen molar-refractivity contribution in [3.05, 3.63) is 20.5 Å². The molecule has 8 nitrogen and oxygen atoms in total. The number of hydrogen-bond acceptors (Lipinski definition) is 7. The molecule has 0 spiro atoms. The molecule has 0 aliphatic carbocycles. The van der Waals surface area contributed by atoms with Gasteiger partial charge in [-0.3, -0.25) is 10.1 Å². The lowest BCUT2D eigenvalue weighted by atomic mass is 10.3. The van der Waals surface area contributed by atoms with Gasteiger partial charge in [-0.2, -0.15) is 0 Å². The molecule has 0 amide bonds. The molecule has 1 atom stereocenters. The summed E-state index contributed by atoms with van der Waals surface area (Å²) < 4.78 is 31.3. The summed E-state index contributed by atoms with van der Waals surface area (Å²) in [4.78, 5) is 9.94. The smallest absolute Gasteiger partial charge is 0.300 e. The summed E-state index contributed by atoms with van der Waals surface area (Å²) in [6, 6.07) is 0.837. The Bertz CT molecular complexity index is 597. The van der Waals surface area contributed by atoms with E-state index in [4.69, 9.17) is 16.3 Å². The predicted molar refractivity (Wildman–Crippen MR) is 73.8 cm³/mol. The number of nitro groups is 1. The Morgan fingerprint density at radius 1 is 1.65 bits per heavy atom. The van der Waals surface area contributed by atoms with Crippen LogP contribution in [0, 0.1) is 10.1 Å². The van der Waals surface area contributed by atoms with Gasteiger partial charge in [0.15, 0.2) is 4.34 Å². The fourth-order valence-electron chi connectivity index (χ4n) is 1.63. The van der Waals surface area contributed by atoms with Crippen LogP contribution in [0.1, 0.15) is 0 Å². The molecule has 2 rings (SSSR count). The van der Waals surface area contributed by atoms with Crippen LogP contribution in [-0.4, -0.2) is 45.7 Å². The maximum absolute atomic E-state index is 12.0. The average Bonchev–Trinajstić information content (AvgIpc) is 2.81. The Hall–Kier alpha value is -0.780. The quantitative estimate of drug-likeness (QED) is 0.598. The van der Waals surface area contributed by atoms with Gasteiger partial charge in [0, 0.05) is 25.2 Å². The molecule has 112 valence electrons. The van der Waals surface area contributed by atoms with Gasteiger partial charge in [0.1, 0.15) is 4.21 Å². The molecule has 1 saturated heterocycles. The molecular weight excluding hydrogens is 330 g/mol. The summed E-state index contributed by atoms with van der Waals surface area (Å²) in [6.07, 6.45) is 0. The van der Waals surface area contributed by atoms with Crippen LogP contribution in [-0.2, 0) is 14.8 Å². The number of nitrogens with zero attached hydrogens (tertiary/aromatic N) is 1. The van der Waals surface area contributed by atoms with Crippen LogP contribution in [0.25, 0.3) is 0 Å². The summed E-state index contributed by atoms with van der Waals surface area (Å²) in [5.74, 6) is 0. The summed E-state index contributed by atoms with van der Waals surface area (Å²) in [5.41, 5.74) is -0.406. The first kappa shape index (κ1) is 15.6. The van der Waals surface area contributed by atoms with Gasteiger partial charge in [0.05, 0.1) is 18.1 Å². The number of morpholine rings is 1. The molecule has 0 aromatic carbocycles. The first-order valence-corrected chi connectivity index (χ1v) is 8.32. The van der Waals surface area contributed by atoms with Crippen molar-refractivity contribution >= 4 is 38.6 Å². The summed E-state index contributed by atoms with van der Waals surface area (Å²) in [5, 5.41) is 13.7. The summed E-state index contributed by atoms with van der Waals surface area (Å²) >= 11 is 6.31. The Morgan fingerprint density at radius 2 is 2.40 bits per heavy atom. The lowest BCUT2D eigenvalue weighted by Crippen LogP contribution is -2.48. The molecule has 2 heterocycles. The van der Waals surface area contributed by atoms with E-state index in [1.54, 1.807) is 0 Å². The van der Waals surface area contributed by atoms with Crippen molar-refractivity contribution in [2.75, 3.05) is 26.3 Å². The van der Waals surface area contributed by atoms with E-state index < -0.39 is 20.6 Å². The molecule has 1 aromatic rings. The van der Waals surface area contributed by atoms with E-state index in [-0.39, 0.29) is 21.1 Å². The zero-order valence-corrected chi connectivity index (χ0v) is 12.6. The monoisotopic (exact) mass is 341 g/mol. The van der Waals surface area contributed by atoms with Gasteiger partial charge in [-0.05, 0) is 0 Å². The Balaban J connectivity index is 2.06. The number of ether oxygens (including phenoxy) is 1. The lowest BCUT2D eigenvalue weighted by molar-refractivity contribution is -0.384. The number of nitrogens with one attached hydrogen (secondary N) is 2. The predicted octanol–water partition coefficient (Wildman–Crippen LogP) is 0.576. The van der Waals surface area contributed by atoms with E-state index in [9.17, 15) is 18.5 Å². The molecule has 0 radical (unpaired) electrons. The van der Waals surface area contributed by atoms with Crippen molar-refractivity contribution in [3.63, 3.8) is 0 Å². The zero-order chi connectivity index (χ0) is 14.8. The van der Waals surface area contributed by atoms with Crippen LogP contribution in [0.15, 0.2) is 10.3 Å². The number of sulfonamides is 1. The van der Waals surface area contributed by atoms with E-state index >= 15 is 0 Å². The van der Waals surface area contributed by atoms with Gasteiger partial charge >= 0.3 is 0 Å². The average molecular weight is 342 g/mol. The second-order valence-electron chi connectivity index (χ2n) is 4.06. The molecule has 20 heavy (non-hydrogen) atoms. The van der Waals surface area contributed by atoms with E-state index in [0.717, 1.165) is 6.07 Å². The maximum atomic E-state index is 12.0. The number of halogens is 1. The highest BCUT2D eigenvalue weighted by Gasteiger charge is 2.26. The normalized spacial score (nSPS) is 19.9. The molecule has 1 unspecified atom stereocenters. The van der Waals surface area contributed by atoms with E-state index in [2.05, 4.69) is 10.0 Å². The Labute approximate surface area is 124 Å². The third-order valence-electron chi connectivity index (χ3n) is 2.63. The van der Waals surface area contributed by atoms with Gasteiger partial charge in [0.2, 0.25) is 10.0 Å². The second-order valence-corrected chi connectivity index (χ2v) is 7.71. The first-order valence-electron chi connectivity index (χ1n) is 5.64. The van der Waals surface area contributed by atoms with Crippen molar-refractivity contribution in [2.24, 2.45) is 0 Å². The minimum Gasteiger partial charge on any atom is -0.378 e. The first-order chi connectivity index (χ1) is 9.40. The minimum absolute atomic E-state index is 0.121. The second kappa shape index (κ2) is 6.33. The molecule has 1 aliphatic heterocycles. The highest BCUT2D eigenvalue weighted by molar-refractivity contribution is 7.91. The fraction of sp³-hybridized carbons (Fsp3) is 0.556. The van der Waals surface area contributed by atoms with Crippen molar-refractivity contribution < 1.29 is 18.1 Å². The number of thiophene rings is 1. The van der Waals surface area contributed by atoms with Crippen LogP contribution >= 0.6 is 22.9 Å². The Morgan fingerprint density at radius 3 is 2.95 bits per heavy atom. The molecule has 0 saturated carbocycles. The number of hydrogen-bond donors (Lipinski definition) is 2. The molecule has 1 fully saturated rings. The van der Waals surface area contributed by atoms with Gasteiger partial charge in [-0.25, -0.2) is 13.1 Å². The van der Waals surface area contributed by atoms with Crippen LogP contribution in [0.2, 0.25) is 4.34 Å². The van der Waals surface area contributed by atoms with E-state index in [1.807, 2.05) is 0 Å². The third-order valence-corrected chi connectivity index (χ3v) is 5.86. The van der Waals surface area contributed by atoms with Crippen molar-refractivity contribution in [2.45, 2.75) is 10.3 Å². The standard InChI is InChI=1S/C9H12ClN3O5S2/c10-9-7(13(14)15)3-8(19-9)20(16,17)12-4-6-5-18-2-1-11-6/h3,6,11-12H,1-2,4-5H2. The highest BCUT2D eigenvalue weighted by atomic mass is 35.5. The topological polar surface area (TPSA) is 111 Å². The van der Waals surface area contributed by atoms with Crippen molar-refractivity contribution in [1.82, 2.24) is 10.0 Å². The molecule has 2 N–H and O–H groups in total. The third kappa shape index (κ3) is 3.65. The van der Waals surface area contributed by atoms with Crippen LogP contribution in [0.3, 0.4) is 0 Å². The van der Waals surface area contributed by atoms with Gasteiger partial charge < -0.3 is 10.1 Å². The molecule has 11 heteroatoms. The zero-order valence-electron chi connectivity index (χ0n) is 10.2. The van der Waals surface area contributed by atoms with Crippen molar-refractivity contribution in [1.29, 1.82) is 0 Å². The van der Waals surface area contributed by atoms with Gasteiger partial charge in [0.25, 0.3) is 5.69 Å². The highest BCUT2D eigenvalue weighted by Crippen LogP contribution is 2.35. The molecule has 1 aliphatic rings. The van der Waals surface area contributed by atoms with Crippen LogP contribution < -0.4 is 10.0 Å². The van der Waals surface area contributed by atoms with Crippen LogP contribution in [0.5, 0.6) is 0 Å². The molecule has 1 aromatic heterocycles. The van der Waals surface area contributed by atoms with Crippen LogP contribution in [0.4, 0.5) is 5.69 Å². The fourth-order valence-corrected chi connectivity index (χ4v) is 4.42.